The topological polar surface area (TPSA) is 130 Å². The molecule has 0 radical (unpaired) electrons. The van der Waals surface area contributed by atoms with Crippen LogP contribution in [-0.2, 0) is 40.2 Å². The number of nitrogens with two attached hydrogens (primary N) is 1. The number of rotatable bonds is 20. The Morgan fingerprint density at radius 3 is 2.15 bits per heavy atom. The Morgan fingerprint density at radius 1 is 0.833 bits per heavy atom. The Hall–Kier alpha value is -4.30. The largest absolute Gasteiger partial charge is 0.481 e. The molecule has 0 spiro atoms. The Labute approximate surface area is 285 Å². The molecule has 4 N–H and O–H groups in total. The summed E-state index contributed by atoms with van der Waals surface area (Å²) in [5.74, 6) is -2.68. The van der Waals surface area contributed by atoms with Crippen molar-refractivity contribution in [3.8, 4) is 0 Å². The van der Waals surface area contributed by atoms with Crippen molar-refractivity contribution in [2.75, 3.05) is 6.54 Å². The summed E-state index contributed by atoms with van der Waals surface area (Å²) in [5.41, 5.74) is 11.1. The van der Waals surface area contributed by atoms with E-state index in [0.717, 1.165) is 35.1 Å². The molecule has 4 rings (SSSR count). The van der Waals surface area contributed by atoms with E-state index in [1.807, 2.05) is 66.4 Å². The second-order valence-corrected chi connectivity index (χ2v) is 13.4. The number of aryl methyl sites for hydroxylation is 2. The van der Waals surface area contributed by atoms with Gasteiger partial charge < -0.3 is 21.1 Å². The molecule has 0 bridgehead atoms. The molecule has 2 amide bonds. The molecular formula is C40H51N3O5. The average Bonchev–Trinajstić information content (AvgIpc) is 3.39. The van der Waals surface area contributed by atoms with Crippen molar-refractivity contribution < 1.29 is 24.3 Å². The molecule has 0 saturated carbocycles. The van der Waals surface area contributed by atoms with Gasteiger partial charge in [-0.25, -0.2) is 0 Å². The number of hydrogen-bond acceptors (Lipinski definition) is 5. The number of hydrogen-bond donors (Lipinski definition) is 3. The van der Waals surface area contributed by atoms with Crippen molar-refractivity contribution in [1.29, 1.82) is 0 Å². The highest BCUT2D eigenvalue weighted by Gasteiger charge is 2.31. The number of Topliss-reactive ketones (excluding diaryl/α,β-unsaturated/α-hetero) is 1. The van der Waals surface area contributed by atoms with Gasteiger partial charge in [0.15, 0.2) is 5.78 Å². The highest BCUT2D eigenvalue weighted by Crippen LogP contribution is 2.26. The van der Waals surface area contributed by atoms with Crippen LogP contribution in [0.1, 0.15) is 91.4 Å². The summed E-state index contributed by atoms with van der Waals surface area (Å²) < 4.78 is 0. The fourth-order valence-electron chi connectivity index (χ4n) is 6.58. The minimum Gasteiger partial charge on any atom is -0.481 e. The quantitative estimate of drug-likeness (QED) is 0.126. The number of carbonyl (C=O) groups excluding carboxylic acids is 3. The third-order valence-corrected chi connectivity index (χ3v) is 9.29. The van der Waals surface area contributed by atoms with Gasteiger partial charge in [-0.05, 0) is 80.2 Å². The van der Waals surface area contributed by atoms with E-state index in [-0.39, 0.29) is 36.5 Å². The van der Waals surface area contributed by atoms with E-state index in [0.29, 0.717) is 51.6 Å². The number of carboxylic acid groups (broad SMARTS) is 1. The van der Waals surface area contributed by atoms with Gasteiger partial charge in [0, 0.05) is 37.0 Å². The number of nitrogens with zero attached hydrogens (tertiary/aromatic N) is 1. The molecule has 0 aromatic heterocycles. The lowest BCUT2D eigenvalue weighted by Crippen LogP contribution is -2.47. The first-order chi connectivity index (χ1) is 23.1. The van der Waals surface area contributed by atoms with Crippen molar-refractivity contribution in [1.82, 2.24) is 10.2 Å². The molecule has 1 aliphatic rings. The van der Waals surface area contributed by atoms with Crippen molar-refractivity contribution >= 4 is 23.6 Å². The molecule has 8 nitrogen and oxygen atoms in total. The van der Waals surface area contributed by atoms with E-state index in [1.165, 1.54) is 5.56 Å². The van der Waals surface area contributed by atoms with Crippen LogP contribution in [-0.4, -0.2) is 52.2 Å². The smallest absolute Gasteiger partial charge is 0.306 e. The number of carboxylic acids is 1. The SMILES string of the molecule is CCCc1ccc(CCC(CC(CCCCN2Cc3ccccc3C2=O)C(=O)O)C(=O)NC(CC(C)N)C(=O)Cc2ccccc2)cc1. The zero-order valence-corrected chi connectivity index (χ0v) is 28.4. The number of carbonyl (C=O) groups is 4. The lowest BCUT2D eigenvalue weighted by atomic mass is 9.85. The van der Waals surface area contributed by atoms with Crippen LogP contribution in [0.5, 0.6) is 0 Å². The van der Waals surface area contributed by atoms with E-state index >= 15 is 0 Å². The molecule has 0 fully saturated rings. The lowest BCUT2D eigenvalue weighted by Gasteiger charge is -2.25. The number of amides is 2. The van der Waals surface area contributed by atoms with E-state index in [4.69, 9.17) is 5.73 Å². The van der Waals surface area contributed by atoms with Gasteiger partial charge in [-0.15, -0.1) is 0 Å². The predicted molar refractivity (Wildman–Crippen MR) is 188 cm³/mol. The van der Waals surface area contributed by atoms with Crippen LogP contribution in [0.4, 0.5) is 0 Å². The summed E-state index contributed by atoms with van der Waals surface area (Å²) in [4.78, 5) is 54.4. The van der Waals surface area contributed by atoms with Gasteiger partial charge in [0.25, 0.3) is 5.91 Å². The monoisotopic (exact) mass is 653 g/mol. The van der Waals surface area contributed by atoms with E-state index in [2.05, 4.69) is 36.5 Å². The second-order valence-electron chi connectivity index (χ2n) is 13.4. The normalized spacial score (nSPS) is 15.0. The zero-order chi connectivity index (χ0) is 34.5. The Balaban J connectivity index is 1.42. The van der Waals surface area contributed by atoms with Gasteiger partial charge >= 0.3 is 5.97 Å². The fraction of sp³-hybridized carbons (Fsp3) is 0.450. The van der Waals surface area contributed by atoms with Gasteiger partial charge in [-0.2, -0.15) is 0 Å². The van der Waals surface area contributed by atoms with Gasteiger partial charge in [-0.3, -0.25) is 19.2 Å². The maximum absolute atomic E-state index is 13.9. The fourth-order valence-corrected chi connectivity index (χ4v) is 6.58. The molecule has 0 saturated heterocycles. The summed E-state index contributed by atoms with van der Waals surface area (Å²) in [5, 5.41) is 13.2. The standard InChI is InChI=1S/C40H51N3O5/c1-3-11-29-17-19-30(20-18-29)21-22-32(38(45)42-36(24-28(2)41)37(44)25-31-12-5-4-6-13-31)26-33(40(47)48)14-9-10-23-43-27-34-15-7-8-16-35(34)39(43)46/h4-8,12-13,15-20,28,32-33,36H,3,9-11,14,21-27,41H2,1-2H3,(H,42,45)(H,47,48). The minimum atomic E-state index is -0.936. The van der Waals surface area contributed by atoms with Gasteiger partial charge in [0.05, 0.1) is 12.0 Å². The van der Waals surface area contributed by atoms with Gasteiger partial charge in [0.1, 0.15) is 0 Å². The van der Waals surface area contributed by atoms with Crippen molar-refractivity contribution in [3.05, 3.63) is 107 Å². The van der Waals surface area contributed by atoms with Crippen LogP contribution < -0.4 is 11.1 Å². The molecule has 48 heavy (non-hydrogen) atoms. The molecule has 0 aliphatic carbocycles. The molecule has 3 aromatic carbocycles. The second kappa shape index (κ2) is 18.3. The molecule has 4 atom stereocenters. The zero-order valence-electron chi connectivity index (χ0n) is 28.4. The average molecular weight is 654 g/mol. The van der Waals surface area contributed by atoms with Gasteiger partial charge in [-0.1, -0.05) is 92.6 Å². The maximum atomic E-state index is 13.9. The van der Waals surface area contributed by atoms with E-state index in [1.54, 1.807) is 0 Å². The van der Waals surface area contributed by atoms with Crippen LogP contribution in [0.3, 0.4) is 0 Å². The van der Waals surface area contributed by atoms with Crippen molar-refractivity contribution in [2.45, 2.75) is 96.7 Å². The van der Waals surface area contributed by atoms with Crippen LogP contribution in [0, 0.1) is 11.8 Å². The Kier molecular flexibility index (Phi) is 13.9. The summed E-state index contributed by atoms with van der Waals surface area (Å²) in [6, 6.07) is 24.3. The van der Waals surface area contributed by atoms with Crippen LogP contribution in [0.15, 0.2) is 78.9 Å². The Bertz CT molecular complexity index is 1500. The Morgan fingerprint density at radius 2 is 1.50 bits per heavy atom. The van der Waals surface area contributed by atoms with E-state index < -0.39 is 23.8 Å². The maximum Gasteiger partial charge on any atom is 0.306 e. The molecule has 3 aromatic rings. The number of aliphatic carboxylic acids is 1. The first kappa shape index (κ1) is 36.5. The molecule has 4 unspecified atom stereocenters. The predicted octanol–water partition coefficient (Wildman–Crippen LogP) is 6.14. The highest BCUT2D eigenvalue weighted by molar-refractivity contribution is 5.98. The van der Waals surface area contributed by atoms with Crippen molar-refractivity contribution in [2.24, 2.45) is 17.6 Å². The number of fused-ring (bicyclic) bond motifs is 1. The van der Waals surface area contributed by atoms with Crippen molar-refractivity contribution in [3.63, 3.8) is 0 Å². The highest BCUT2D eigenvalue weighted by atomic mass is 16.4. The van der Waals surface area contributed by atoms with Crippen LogP contribution in [0.25, 0.3) is 0 Å². The summed E-state index contributed by atoms with van der Waals surface area (Å²) in [6.07, 6.45) is 5.47. The third kappa shape index (κ3) is 10.9. The van der Waals surface area contributed by atoms with Crippen LogP contribution >= 0.6 is 0 Å². The molecular weight excluding hydrogens is 602 g/mol. The number of ketones is 1. The minimum absolute atomic E-state index is 0.0167. The lowest BCUT2D eigenvalue weighted by molar-refractivity contribution is -0.143. The molecule has 8 heteroatoms. The first-order valence-corrected chi connectivity index (χ1v) is 17.4. The first-order valence-electron chi connectivity index (χ1n) is 17.4. The van der Waals surface area contributed by atoms with Crippen LogP contribution in [0.2, 0.25) is 0 Å². The summed E-state index contributed by atoms with van der Waals surface area (Å²) >= 11 is 0. The molecule has 1 aliphatic heterocycles. The number of benzene rings is 3. The third-order valence-electron chi connectivity index (χ3n) is 9.29. The number of unbranched alkanes of at least 4 members (excludes halogenated alkanes) is 1. The molecule has 256 valence electrons. The number of nitrogens with one attached hydrogen (secondary N) is 1. The molecule has 1 heterocycles. The summed E-state index contributed by atoms with van der Waals surface area (Å²) in [6.45, 7) is 5.08. The van der Waals surface area contributed by atoms with E-state index in [9.17, 15) is 24.3 Å². The van der Waals surface area contributed by atoms with Gasteiger partial charge in [0.2, 0.25) is 5.91 Å². The summed E-state index contributed by atoms with van der Waals surface area (Å²) in [7, 11) is 0.